The van der Waals surface area contributed by atoms with E-state index in [1.165, 1.54) is 18.9 Å². The van der Waals surface area contributed by atoms with E-state index in [2.05, 4.69) is 0 Å². The van der Waals surface area contributed by atoms with E-state index in [-0.39, 0.29) is 11.6 Å². The van der Waals surface area contributed by atoms with E-state index in [0.717, 1.165) is 12.3 Å². The summed E-state index contributed by atoms with van der Waals surface area (Å²) in [7, 11) is 0. The maximum atomic E-state index is 13.2. The summed E-state index contributed by atoms with van der Waals surface area (Å²) in [5, 5.41) is 0. The fourth-order valence-electron chi connectivity index (χ4n) is 1.41. The number of anilines is 1. The molecule has 14 heavy (non-hydrogen) atoms. The first kappa shape index (κ1) is 9.31. The second-order valence-corrected chi connectivity index (χ2v) is 3.74. The van der Waals surface area contributed by atoms with Crippen LogP contribution in [0, 0.1) is 11.7 Å². The van der Waals surface area contributed by atoms with Crippen molar-refractivity contribution in [2.45, 2.75) is 19.3 Å². The lowest BCUT2D eigenvalue weighted by Crippen LogP contribution is -2.02. The number of nitrogens with two attached hydrogens (primary N) is 1. The van der Waals surface area contributed by atoms with Crippen molar-refractivity contribution < 1.29 is 9.13 Å². The molecule has 0 saturated heterocycles. The Morgan fingerprint density at radius 1 is 1.43 bits per heavy atom. The molecule has 1 aliphatic carbocycles. The van der Waals surface area contributed by atoms with Gasteiger partial charge in [0.15, 0.2) is 11.6 Å². The third-order valence-electron chi connectivity index (χ3n) is 2.47. The van der Waals surface area contributed by atoms with Gasteiger partial charge in [0.2, 0.25) is 0 Å². The molecule has 1 saturated carbocycles. The average molecular weight is 195 g/mol. The lowest BCUT2D eigenvalue weighted by molar-refractivity contribution is 0.290. The highest BCUT2D eigenvalue weighted by Gasteiger charge is 2.21. The van der Waals surface area contributed by atoms with Crippen LogP contribution < -0.4 is 10.5 Å². The highest BCUT2D eigenvalue weighted by atomic mass is 19.1. The number of hydrogen-bond donors (Lipinski definition) is 1. The van der Waals surface area contributed by atoms with Crippen LogP contribution in [0.25, 0.3) is 0 Å². The van der Waals surface area contributed by atoms with Gasteiger partial charge in [-0.2, -0.15) is 0 Å². The largest absolute Gasteiger partial charge is 0.488 e. The van der Waals surface area contributed by atoms with Crippen molar-refractivity contribution >= 4 is 5.69 Å². The minimum Gasteiger partial charge on any atom is -0.488 e. The molecule has 1 aromatic rings. The van der Waals surface area contributed by atoms with Crippen molar-refractivity contribution in [3.05, 3.63) is 24.0 Å². The smallest absolute Gasteiger partial charge is 0.177 e. The van der Waals surface area contributed by atoms with Crippen LogP contribution in [0.2, 0.25) is 0 Å². The average Bonchev–Trinajstić information content (AvgIpc) is 2.94. The quantitative estimate of drug-likeness (QED) is 0.749. The van der Waals surface area contributed by atoms with E-state index < -0.39 is 0 Å². The standard InChI is InChI=1S/C11H14FNO/c12-9-2-1-3-10(13)11(9)14-7-6-8-4-5-8/h1-3,8H,4-7,13H2. The van der Waals surface area contributed by atoms with Crippen molar-refractivity contribution in [1.29, 1.82) is 0 Å². The van der Waals surface area contributed by atoms with Gasteiger partial charge in [0.1, 0.15) is 0 Å². The fourth-order valence-corrected chi connectivity index (χ4v) is 1.41. The van der Waals surface area contributed by atoms with Crippen LogP contribution in [0.3, 0.4) is 0 Å². The topological polar surface area (TPSA) is 35.2 Å². The van der Waals surface area contributed by atoms with E-state index in [0.29, 0.717) is 12.3 Å². The van der Waals surface area contributed by atoms with Gasteiger partial charge >= 0.3 is 0 Å². The predicted octanol–water partition coefficient (Wildman–Crippen LogP) is 2.59. The fraction of sp³-hybridized carbons (Fsp3) is 0.455. The number of halogens is 1. The molecule has 1 fully saturated rings. The van der Waals surface area contributed by atoms with E-state index >= 15 is 0 Å². The van der Waals surface area contributed by atoms with Crippen LogP contribution in [0.4, 0.5) is 10.1 Å². The molecule has 76 valence electrons. The van der Waals surface area contributed by atoms with E-state index in [4.69, 9.17) is 10.5 Å². The lowest BCUT2D eigenvalue weighted by Gasteiger charge is -2.08. The highest BCUT2D eigenvalue weighted by Crippen LogP contribution is 2.33. The van der Waals surface area contributed by atoms with Crippen LogP contribution in [-0.2, 0) is 0 Å². The van der Waals surface area contributed by atoms with Gasteiger partial charge in [0.25, 0.3) is 0 Å². The molecule has 1 aliphatic rings. The summed E-state index contributed by atoms with van der Waals surface area (Å²) >= 11 is 0. The van der Waals surface area contributed by atoms with Crippen LogP contribution in [-0.4, -0.2) is 6.61 Å². The maximum Gasteiger partial charge on any atom is 0.177 e. The Hall–Kier alpha value is -1.25. The summed E-state index contributed by atoms with van der Waals surface area (Å²) in [5.74, 6) is 0.622. The number of rotatable bonds is 4. The summed E-state index contributed by atoms with van der Waals surface area (Å²) in [4.78, 5) is 0. The summed E-state index contributed by atoms with van der Waals surface area (Å²) < 4.78 is 18.5. The van der Waals surface area contributed by atoms with Gasteiger partial charge in [-0.05, 0) is 24.5 Å². The monoisotopic (exact) mass is 195 g/mol. The minimum atomic E-state index is -0.374. The van der Waals surface area contributed by atoms with Crippen molar-refractivity contribution in [3.63, 3.8) is 0 Å². The molecule has 0 aromatic heterocycles. The van der Waals surface area contributed by atoms with E-state index in [1.807, 2.05) is 0 Å². The Morgan fingerprint density at radius 2 is 2.21 bits per heavy atom. The Labute approximate surface area is 82.9 Å². The molecular weight excluding hydrogens is 181 g/mol. The van der Waals surface area contributed by atoms with Crippen molar-refractivity contribution in [3.8, 4) is 5.75 Å². The van der Waals surface area contributed by atoms with E-state index in [9.17, 15) is 4.39 Å². The molecule has 0 atom stereocenters. The molecule has 2 nitrogen and oxygen atoms in total. The van der Waals surface area contributed by atoms with Crippen LogP contribution >= 0.6 is 0 Å². The van der Waals surface area contributed by atoms with Gasteiger partial charge in [0, 0.05) is 0 Å². The van der Waals surface area contributed by atoms with Gasteiger partial charge in [-0.15, -0.1) is 0 Å². The second-order valence-electron chi connectivity index (χ2n) is 3.74. The SMILES string of the molecule is Nc1cccc(F)c1OCCC1CC1. The van der Waals surface area contributed by atoms with Gasteiger partial charge in [0.05, 0.1) is 12.3 Å². The van der Waals surface area contributed by atoms with Gasteiger partial charge in [-0.25, -0.2) is 4.39 Å². The number of ether oxygens (including phenoxy) is 1. The number of hydrogen-bond acceptors (Lipinski definition) is 2. The zero-order chi connectivity index (χ0) is 9.97. The zero-order valence-corrected chi connectivity index (χ0v) is 8.00. The molecule has 0 radical (unpaired) electrons. The Kier molecular flexibility index (Phi) is 2.57. The first-order valence-electron chi connectivity index (χ1n) is 4.94. The maximum absolute atomic E-state index is 13.2. The van der Waals surface area contributed by atoms with Gasteiger partial charge in [-0.1, -0.05) is 18.9 Å². The summed E-state index contributed by atoms with van der Waals surface area (Å²) in [5.41, 5.74) is 5.96. The summed E-state index contributed by atoms with van der Waals surface area (Å²) in [6.45, 7) is 0.565. The summed E-state index contributed by atoms with van der Waals surface area (Å²) in [6, 6.07) is 4.59. The van der Waals surface area contributed by atoms with Gasteiger partial charge in [-0.3, -0.25) is 0 Å². The summed E-state index contributed by atoms with van der Waals surface area (Å²) in [6.07, 6.45) is 3.58. The third kappa shape index (κ3) is 2.16. The van der Waals surface area contributed by atoms with E-state index in [1.54, 1.807) is 12.1 Å². The number of para-hydroxylation sites is 1. The Balaban J connectivity index is 1.92. The molecule has 0 spiro atoms. The number of nitrogen functional groups attached to an aromatic ring is 1. The second kappa shape index (κ2) is 3.86. The number of benzene rings is 1. The molecular formula is C11H14FNO. The predicted molar refractivity (Wildman–Crippen MR) is 53.6 cm³/mol. The highest BCUT2D eigenvalue weighted by molar-refractivity contribution is 5.52. The normalized spacial score (nSPS) is 15.5. The van der Waals surface area contributed by atoms with Crippen molar-refractivity contribution in [1.82, 2.24) is 0 Å². The molecule has 0 unspecified atom stereocenters. The first-order valence-corrected chi connectivity index (χ1v) is 4.94. The lowest BCUT2D eigenvalue weighted by atomic mass is 10.3. The molecule has 3 heteroatoms. The van der Waals surface area contributed by atoms with Crippen LogP contribution in [0.5, 0.6) is 5.75 Å². The molecule has 0 heterocycles. The third-order valence-corrected chi connectivity index (χ3v) is 2.47. The molecule has 1 aromatic carbocycles. The Morgan fingerprint density at radius 3 is 2.86 bits per heavy atom. The zero-order valence-electron chi connectivity index (χ0n) is 8.00. The molecule has 0 aliphatic heterocycles. The Bertz CT molecular complexity index is 303. The molecule has 0 bridgehead atoms. The minimum absolute atomic E-state index is 0.202. The van der Waals surface area contributed by atoms with Crippen molar-refractivity contribution in [2.24, 2.45) is 5.92 Å². The van der Waals surface area contributed by atoms with Crippen molar-refractivity contribution in [2.75, 3.05) is 12.3 Å². The molecule has 0 amide bonds. The first-order chi connectivity index (χ1) is 6.77. The van der Waals surface area contributed by atoms with Crippen LogP contribution in [0.15, 0.2) is 18.2 Å². The van der Waals surface area contributed by atoms with Gasteiger partial charge < -0.3 is 10.5 Å². The molecule has 2 N–H and O–H groups in total. The molecule has 2 rings (SSSR count). The van der Waals surface area contributed by atoms with Crippen LogP contribution in [0.1, 0.15) is 19.3 Å².